The van der Waals surface area contributed by atoms with Crippen molar-refractivity contribution >= 4 is 17.0 Å². The van der Waals surface area contributed by atoms with Gasteiger partial charge in [0.25, 0.3) is 11.6 Å². The van der Waals surface area contributed by atoms with Crippen molar-refractivity contribution in [2.75, 3.05) is 13.1 Å². The molecule has 0 spiro atoms. The number of aromatic nitrogens is 2. The quantitative estimate of drug-likeness (QED) is 0.731. The summed E-state index contributed by atoms with van der Waals surface area (Å²) in [6.07, 6.45) is 0. The molecule has 0 aliphatic rings. The Bertz CT molecular complexity index is 900. The number of aryl methyl sites for hydroxylation is 1. The summed E-state index contributed by atoms with van der Waals surface area (Å²) in [7, 11) is 0. The summed E-state index contributed by atoms with van der Waals surface area (Å²) in [6.45, 7) is 6.75. The van der Waals surface area contributed by atoms with Crippen molar-refractivity contribution in [2.24, 2.45) is 0 Å². The standard InChI is InChI=1S/C18H18FN3O2/c1-4-22(5-2)18(23)13-10-15(12-8-6-7-9-14(12)19)20-17-16(13)11(3)21-24-17/h6-10H,4-5H2,1-3H3. The molecule has 0 aliphatic heterocycles. The molecule has 3 aromatic rings. The average Bonchev–Trinajstić information content (AvgIpc) is 2.96. The molecular formula is C18H18FN3O2. The van der Waals surface area contributed by atoms with Gasteiger partial charge in [-0.05, 0) is 39.0 Å². The number of rotatable bonds is 4. The fraction of sp³-hybridized carbons (Fsp3) is 0.278. The second-order valence-electron chi connectivity index (χ2n) is 5.46. The molecule has 2 heterocycles. The molecule has 6 heteroatoms. The van der Waals surface area contributed by atoms with Gasteiger partial charge < -0.3 is 9.42 Å². The number of pyridine rings is 1. The Balaban J connectivity index is 2.25. The highest BCUT2D eigenvalue weighted by molar-refractivity contribution is 6.07. The highest BCUT2D eigenvalue weighted by Crippen LogP contribution is 2.29. The predicted molar refractivity (Wildman–Crippen MR) is 89.2 cm³/mol. The number of amides is 1. The molecule has 0 saturated carbocycles. The second kappa shape index (κ2) is 6.39. The Morgan fingerprint density at radius 1 is 1.25 bits per heavy atom. The zero-order valence-electron chi connectivity index (χ0n) is 13.8. The molecule has 5 nitrogen and oxygen atoms in total. The summed E-state index contributed by atoms with van der Waals surface area (Å²) in [6, 6.07) is 7.93. The van der Waals surface area contributed by atoms with Gasteiger partial charge in [0, 0.05) is 18.7 Å². The molecule has 0 fully saturated rings. The first kappa shape index (κ1) is 16.1. The molecule has 0 unspecified atom stereocenters. The van der Waals surface area contributed by atoms with Crippen molar-refractivity contribution in [3.8, 4) is 11.3 Å². The van der Waals surface area contributed by atoms with Crippen LogP contribution in [-0.4, -0.2) is 34.0 Å². The molecule has 24 heavy (non-hydrogen) atoms. The molecular weight excluding hydrogens is 309 g/mol. The molecule has 0 saturated heterocycles. The minimum absolute atomic E-state index is 0.142. The van der Waals surface area contributed by atoms with Crippen molar-refractivity contribution in [3.05, 3.63) is 47.4 Å². The molecule has 0 bridgehead atoms. The summed E-state index contributed by atoms with van der Waals surface area (Å²) < 4.78 is 19.4. The molecule has 0 atom stereocenters. The molecule has 2 aromatic heterocycles. The van der Waals surface area contributed by atoms with Crippen molar-refractivity contribution in [3.63, 3.8) is 0 Å². The van der Waals surface area contributed by atoms with Gasteiger partial charge in [-0.1, -0.05) is 17.3 Å². The third-order valence-electron chi connectivity index (χ3n) is 4.05. The normalized spacial score (nSPS) is 11.0. The lowest BCUT2D eigenvalue weighted by Gasteiger charge is -2.19. The lowest BCUT2D eigenvalue weighted by Crippen LogP contribution is -2.30. The summed E-state index contributed by atoms with van der Waals surface area (Å²) in [5.41, 5.74) is 1.94. The Labute approximate surface area is 139 Å². The minimum Gasteiger partial charge on any atom is -0.339 e. The maximum absolute atomic E-state index is 14.1. The van der Waals surface area contributed by atoms with Gasteiger partial charge in [-0.25, -0.2) is 9.37 Å². The minimum atomic E-state index is -0.401. The van der Waals surface area contributed by atoms with Gasteiger partial charge in [0.2, 0.25) is 0 Å². The van der Waals surface area contributed by atoms with E-state index in [4.69, 9.17) is 4.52 Å². The molecule has 0 aliphatic carbocycles. The van der Waals surface area contributed by atoms with Crippen molar-refractivity contribution in [1.82, 2.24) is 15.0 Å². The third-order valence-corrected chi connectivity index (χ3v) is 4.05. The number of hydrogen-bond acceptors (Lipinski definition) is 4. The number of nitrogens with zero attached hydrogens (tertiary/aromatic N) is 3. The van der Waals surface area contributed by atoms with Crippen LogP contribution in [0.1, 0.15) is 29.9 Å². The van der Waals surface area contributed by atoms with Crippen LogP contribution in [0, 0.1) is 12.7 Å². The fourth-order valence-corrected chi connectivity index (χ4v) is 2.75. The van der Waals surface area contributed by atoms with E-state index >= 15 is 0 Å². The van der Waals surface area contributed by atoms with Gasteiger partial charge in [-0.15, -0.1) is 0 Å². The highest BCUT2D eigenvalue weighted by Gasteiger charge is 2.22. The number of carbonyl (C=O) groups excluding carboxylic acids is 1. The van der Waals surface area contributed by atoms with Crippen LogP contribution in [-0.2, 0) is 0 Å². The lowest BCUT2D eigenvalue weighted by molar-refractivity contribution is 0.0775. The summed E-state index contributed by atoms with van der Waals surface area (Å²) in [4.78, 5) is 18.9. The van der Waals surface area contributed by atoms with E-state index in [0.717, 1.165) is 0 Å². The number of carbonyl (C=O) groups is 1. The second-order valence-corrected chi connectivity index (χ2v) is 5.46. The van der Waals surface area contributed by atoms with Gasteiger partial charge in [0.05, 0.1) is 22.3 Å². The van der Waals surface area contributed by atoms with Gasteiger partial charge in [-0.3, -0.25) is 4.79 Å². The largest absolute Gasteiger partial charge is 0.339 e. The first-order valence-corrected chi connectivity index (χ1v) is 7.88. The highest BCUT2D eigenvalue weighted by atomic mass is 19.1. The average molecular weight is 327 g/mol. The molecule has 0 radical (unpaired) electrons. The summed E-state index contributed by atoms with van der Waals surface area (Å²) in [5, 5.41) is 4.48. The zero-order valence-corrected chi connectivity index (χ0v) is 13.8. The fourth-order valence-electron chi connectivity index (χ4n) is 2.75. The topological polar surface area (TPSA) is 59.2 Å². The zero-order chi connectivity index (χ0) is 17.3. The van der Waals surface area contributed by atoms with Crippen LogP contribution in [0.5, 0.6) is 0 Å². The van der Waals surface area contributed by atoms with Crippen molar-refractivity contribution < 1.29 is 13.7 Å². The van der Waals surface area contributed by atoms with E-state index < -0.39 is 5.82 Å². The number of hydrogen-bond donors (Lipinski definition) is 0. The smallest absolute Gasteiger partial charge is 0.259 e. The number of fused-ring (bicyclic) bond motifs is 1. The van der Waals surface area contributed by atoms with E-state index in [1.807, 2.05) is 13.8 Å². The van der Waals surface area contributed by atoms with E-state index in [9.17, 15) is 9.18 Å². The van der Waals surface area contributed by atoms with Crippen molar-refractivity contribution in [2.45, 2.75) is 20.8 Å². The van der Waals surface area contributed by atoms with Crippen LogP contribution >= 0.6 is 0 Å². The van der Waals surface area contributed by atoms with Crippen LogP contribution in [0.4, 0.5) is 4.39 Å². The van der Waals surface area contributed by atoms with Crippen LogP contribution in [0.25, 0.3) is 22.4 Å². The maximum atomic E-state index is 14.1. The summed E-state index contributed by atoms with van der Waals surface area (Å²) in [5.74, 6) is -0.543. The SMILES string of the molecule is CCN(CC)C(=O)c1cc(-c2ccccc2F)nc2onc(C)c12. The van der Waals surface area contributed by atoms with Crippen LogP contribution in [0.15, 0.2) is 34.9 Å². The van der Waals surface area contributed by atoms with Crippen LogP contribution in [0.3, 0.4) is 0 Å². The molecule has 0 N–H and O–H groups in total. The van der Waals surface area contributed by atoms with Crippen molar-refractivity contribution in [1.29, 1.82) is 0 Å². The Morgan fingerprint density at radius 3 is 2.62 bits per heavy atom. The monoisotopic (exact) mass is 327 g/mol. The van der Waals surface area contributed by atoms with Crippen LogP contribution < -0.4 is 0 Å². The van der Waals surface area contributed by atoms with Gasteiger partial charge in [-0.2, -0.15) is 0 Å². The summed E-state index contributed by atoms with van der Waals surface area (Å²) >= 11 is 0. The van der Waals surface area contributed by atoms with E-state index in [1.165, 1.54) is 6.07 Å². The molecule has 124 valence electrons. The van der Waals surface area contributed by atoms with E-state index in [-0.39, 0.29) is 11.6 Å². The maximum Gasteiger partial charge on any atom is 0.259 e. The van der Waals surface area contributed by atoms with E-state index in [2.05, 4.69) is 10.1 Å². The molecule has 3 rings (SSSR count). The van der Waals surface area contributed by atoms with Gasteiger partial charge in [0.1, 0.15) is 5.82 Å². The van der Waals surface area contributed by atoms with Crippen LogP contribution in [0.2, 0.25) is 0 Å². The predicted octanol–water partition coefficient (Wildman–Crippen LogP) is 3.82. The third kappa shape index (κ3) is 2.64. The number of benzene rings is 1. The molecule has 1 aromatic carbocycles. The number of halogens is 1. The lowest BCUT2D eigenvalue weighted by atomic mass is 10.0. The first-order chi connectivity index (χ1) is 11.6. The van der Waals surface area contributed by atoms with E-state index in [0.29, 0.717) is 41.0 Å². The first-order valence-electron chi connectivity index (χ1n) is 7.88. The molecule has 1 amide bonds. The van der Waals surface area contributed by atoms with E-state index in [1.54, 1.807) is 36.1 Å². The Morgan fingerprint density at radius 2 is 1.96 bits per heavy atom. The Hall–Kier alpha value is -2.76. The Kier molecular flexibility index (Phi) is 4.29. The van der Waals surface area contributed by atoms with Gasteiger partial charge in [0.15, 0.2) is 0 Å². The van der Waals surface area contributed by atoms with Gasteiger partial charge >= 0.3 is 0 Å².